The smallest absolute Gasteiger partial charge is 0.231 e. The highest BCUT2D eigenvalue weighted by Gasteiger charge is 2.28. The number of pyridine rings is 1. The molecule has 2 aromatic carbocycles. The third kappa shape index (κ3) is 3.29. The van der Waals surface area contributed by atoms with Crippen molar-refractivity contribution >= 4 is 10.9 Å². The first-order valence-electron chi connectivity index (χ1n) is 9.72. The van der Waals surface area contributed by atoms with E-state index < -0.39 is 0 Å². The van der Waals surface area contributed by atoms with Crippen molar-refractivity contribution in [1.29, 1.82) is 0 Å². The van der Waals surface area contributed by atoms with Gasteiger partial charge in [0.25, 0.3) is 0 Å². The molecule has 0 bridgehead atoms. The van der Waals surface area contributed by atoms with Gasteiger partial charge >= 0.3 is 0 Å². The van der Waals surface area contributed by atoms with Gasteiger partial charge in [0.1, 0.15) is 0 Å². The summed E-state index contributed by atoms with van der Waals surface area (Å²) in [4.78, 5) is 11.7. The number of nitrogens with zero attached hydrogens (tertiary/aromatic N) is 4. The van der Waals surface area contributed by atoms with E-state index in [-0.39, 0.29) is 5.92 Å². The van der Waals surface area contributed by atoms with Gasteiger partial charge in [-0.2, -0.15) is 4.98 Å². The van der Waals surface area contributed by atoms with Crippen LogP contribution in [0.2, 0.25) is 0 Å². The summed E-state index contributed by atoms with van der Waals surface area (Å²) >= 11 is 0. The minimum absolute atomic E-state index is 0.287. The lowest BCUT2D eigenvalue weighted by Gasteiger charge is -2.16. The molecule has 0 radical (unpaired) electrons. The van der Waals surface area contributed by atoms with Crippen LogP contribution in [0.15, 0.2) is 65.3 Å². The third-order valence-corrected chi connectivity index (χ3v) is 5.48. The fourth-order valence-electron chi connectivity index (χ4n) is 3.93. The van der Waals surface area contributed by atoms with E-state index in [1.54, 1.807) is 0 Å². The summed E-state index contributed by atoms with van der Waals surface area (Å²) in [7, 11) is 0. The fraction of sp³-hybridized carbons (Fsp3) is 0.261. The molecule has 1 saturated heterocycles. The zero-order valence-corrected chi connectivity index (χ0v) is 15.9. The zero-order chi connectivity index (χ0) is 18.9. The van der Waals surface area contributed by atoms with Gasteiger partial charge in [-0.1, -0.05) is 59.3 Å². The summed E-state index contributed by atoms with van der Waals surface area (Å²) < 4.78 is 5.60. The van der Waals surface area contributed by atoms with Crippen molar-refractivity contribution in [3.63, 3.8) is 0 Å². The standard InChI is InChI=1S/C23H22N4O/c1-16-7-9-18(10-8-16)22-25-23(28-26-22)20-11-13-27(15-20)14-19-5-2-4-17-6-3-12-24-21(17)19/h2-10,12,20H,11,13-15H2,1H3/t20-/m1/s1. The number of aryl methyl sites for hydroxylation is 1. The summed E-state index contributed by atoms with van der Waals surface area (Å²) in [5.41, 5.74) is 4.58. The van der Waals surface area contributed by atoms with Crippen molar-refractivity contribution in [2.75, 3.05) is 13.1 Å². The van der Waals surface area contributed by atoms with Gasteiger partial charge in [-0.3, -0.25) is 9.88 Å². The maximum atomic E-state index is 5.60. The van der Waals surface area contributed by atoms with Crippen molar-refractivity contribution < 1.29 is 4.52 Å². The molecule has 2 aromatic heterocycles. The summed E-state index contributed by atoms with van der Waals surface area (Å²) in [5.74, 6) is 1.70. The van der Waals surface area contributed by atoms with E-state index in [4.69, 9.17) is 4.52 Å². The van der Waals surface area contributed by atoms with Crippen LogP contribution in [-0.2, 0) is 6.54 Å². The highest BCUT2D eigenvalue weighted by molar-refractivity contribution is 5.81. The molecule has 5 nitrogen and oxygen atoms in total. The van der Waals surface area contributed by atoms with Gasteiger partial charge in [0.05, 0.1) is 11.4 Å². The fourth-order valence-corrected chi connectivity index (χ4v) is 3.93. The molecule has 4 aromatic rings. The molecule has 0 aliphatic carbocycles. The summed E-state index contributed by atoms with van der Waals surface area (Å²) in [6.45, 7) is 4.92. The van der Waals surface area contributed by atoms with Gasteiger partial charge < -0.3 is 4.52 Å². The topological polar surface area (TPSA) is 55.1 Å². The predicted molar refractivity (Wildman–Crippen MR) is 109 cm³/mol. The molecule has 0 amide bonds. The number of hydrogen-bond acceptors (Lipinski definition) is 5. The molecule has 0 spiro atoms. The second-order valence-corrected chi connectivity index (χ2v) is 7.54. The molecule has 140 valence electrons. The van der Waals surface area contributed by atoms with E-state index in [0.29, 0.717) is 5.82 Å². The Hall–Kier alpha value is -3.05. The lowest BCUT2D eigenvalue weighted by Crippen LogP contribution is -2.20. The molecule has 5 heteroatoms. The maximum absolute atomic E-state index is 5.60. The van der Waals surface area contributed by atoms with Crippen molar-refractivity contribution in [2.24, 2.45) is 0 Å². The Morgan fingerprint density at radius 3 is 2.82 bits per heavy atom. The minimum Gasteiger partial charge on any atom is -0.339 e. The van der Waals surface area contributed by atoms with Gasteiger partial charge in [0.15, 0.2) is 0 Å². The molecule has 1 aliphatic heterocycles. The molecule has 1 aliphatic rings. The largest absolute Gasteiger partial charge is 0.339 e. The molecule has 3 heterocycles. The number of rotatable bonds is 4. The van der Waals surface area contributed by atoms with E-state index in [9.17, 15) is 0 Å². The number of benzene rings is 2. The Morgan fingerprint density at radius 2 is 1.93 bits per heavy atom. The van der Waals surface area contributed by atoms with Crippen LogP contribution in [-0.4, -0.2) is 33.1 Å². The number of likely N-dealkylation sites (tertiary alicyclic amines) is 1. The Kier molecular flexibility index (Phi) is 4.37. The number of para-hydroxylation sites is 1. The normalized spacial score (nSPS) is 17.4. The van der Waals surface area contributed by atoms with Crippen LogP contribution in [0.3, 0.4) is 0 Å². The van der Waals surface area contributed by atoms with Crippen LogP contribution < -0.4 is 0 Å². The first-order valence-corrected chi connectivity index (χ1v) is 9.72. The van der Waals surface area contributed by atoms with E-state index in [2.05, 4.69) is 63.3 Å². The number of fused-ring (bicyclic) bond motifs is 1. The monoisotopic (exact) mass is 370 g/mol. The average Bonchev–Trinajstić information content (AvgIpc) is 3.39. The van der Waals surface area contributed by atoms with E-state index in [1.165, 1.54) is 16.5 Å². The van der Waals surface area contributed by atoms with Crippen LogP contribution >= 0.6 is 0 Å². The van der Waals surface area contributed by atoms with Gasteiger partial charge in [-0.25, -0.2) is 0 Å². The van der Waals surface area contributed by atoms with Gasteiger partial charge in [-0.05, 0) is 31.5 Å². The predicted octanol–water partition coefficient (Wildman–Crippen LogP) is 4.58. The second-order valence-electron chi connectivity index (χ2n) is 7.54. The molecule has 1 atom stereocenters. The Bertz CT molecular complexity index is 1100. The molecule has 28 heavy (non-hydrogen) atoms. The van der Waals surface area contributed by atoms with Crippen molar-refractivity contribution in [1.82, 2.24) is 20.0 Å². The summed E-state index contributed by atoms with van der Waals surface area (Å²) in [6.07, 6.45) is 2.90. The highest BCUT2D eigenvalue weighted by atomic mass is 16.5. The van der Waals surface area contributed by atoms with Crippen molar-refractivity contribution in [3.05, 3.63) is 77.8 Å². The van der Waals surface area contributed by atoms with Crippen molar-refractivity contribution in [2.45, 2.75) is 25.8 Å². The van der Waals surface area contributed by atoms with Gasteiger partial charge in [0, 0.05) is 30.2 Å². The van der Waals surface area contributed by atoms with Gasteiger partial charge in [-0.15, -0.1) is 0 Å². The van der Waals surface area contributed by atoms with Crippen LogP contribution in [0, 0.1) is 6.92 Å². The number of hydrogen-bond donors (Lipinski definition) is 0. The molecule has 0 N–H and O–H groups in total. The van der Waals surface area contributed by atoms with Crippen molar-refractivity contribution in [3.8, 4) is 11.4 Å². The molecular weight excluding hydrogens is 348 g/mol. The van der Waals surface area contributed by atoms with Gasteiger partial charge in [0.2, 0.25) is 11.7 Å². The summed E-state index contributed by atoms with van der Waals surface area (Å²) in [5, 5.41) is 5.39. The zero-order valence-electron chi connectivity index (χ0n) is 15.9. The van der Waals surface area contributed by atoms with Crippen LogP contribution in [0.25, 0.3) is 22.3 Å². The highest BCUT2D eigenvalue weighted by Crippen LogP contribution is 2.29. The quantitative estimate of drug-likeness (QED) is 0.526. The lowest BCUT2D eigenvalue weighted by atomic mass is 10.1. The summed E-state index contributed by atoms with van der Waals surface area (Å²) in [6, 6.07) is 18.7. The second kappa shape index (κ2) is 7.17. The van der Waals surface area contributed by atoms with E-state index in [1.807, 2.05) is 24.4 Å². The van der Waals surface area contributed by atoms with Crippen LogP contribution in [0.4, 0.5) is 0 Å². The van der Waals surface area contributed by atoms with Crippen LogP contribution in [0.5, 0.6) is 0 Å². The third-order valence-electron chi connectivity index (χ3n) is 5.48. The first kappa shape index (κ1) is 17.1. The first-order chi connectivity index (χ1) is 13.8. The minimum atomic E-state index is 0.287. The van der Waals surface area contributed by atoms with Crippen LogP contribution in [0.1, 0.15) is 29.4 Å². The SMILES string of the molecule is Cc1ccc(-c2noc([C@@H]3CCN(Cc4cccc5cccnc45)C3)n2)cc1. The maximum Gasteiger partial charge on any atom is 0.231 e. The van der Waals surface area contributed by atoms with E-state index in [0.717, 1.165) is 43.0 Å². The molecule has 0 saturated carbocycles. The van der Waals surface area contributed by atoms with E-state index >= 15 is 0 Å². The Labute approximate surface area is 164 Å². The molecule has 1 fully saturated rings. The number of aromatic nitrogens is 3. The Morgan fingerprint density at radius 1 is 1.07 bits per heavy atom. The molecular formula is C23H22N4O. The Balaban J connectivity index is 1.30. The molecule has 0 unspecified atom stereocenters. The lowest BCUT2D eigenvalue weighted by molar-refractivity contribution is 0.310. The average molecular weight is 370 g/mol. The molecule has 5 rings (SSSR count).